The highest BCUT2D eigenvalue weighted by Gasteiger charge is 1.79. The minimum absolute atomic E-state index is 0.194. The Morgan fingerprint density at radius 3 is 1.91 bits per heavy atom. The highest BCUT2D eigenvalue weighted by atomic mass is 35.5. The van der Waals surface area contributed by atoms with Crippen molar-refractivity contribution in [1.82, 2.24) is 0 Å². The number of hydrogen-bond donors (Lipinski definition) is 0. The van der Waals surface area contributed by atoms with Gasteiger partial charge in [-0.2, -0.15) is 5.26 Å². The van der Waals surface area contributed by atoms with Gasteiger partial charge in [-0.1, -0.05) is 18.2 Å². The van der Waals surface area contributed by atoms with Crippen LogP contribution in [-0.2, 0) is 0 Å². The number of nitrogens with zero attached hydrogens (tertiary/aromatic N) is 1. The Morgan fingerprint density at radius 2 is 1.64 bits per heavy atom. The number of nitriles is 1. The van der Waals surface area contributed by atoms with Gasteiger partial charge in [0.2, 0.25) is 0 Å². The van der Waals surface area contributed by atoms with Gasteiger partial charge in [-0.05, 0) is 12.1 Å². The maximum atomic E-state index is 8.29. The zero-order valence-electron chi connectivity index (χ0n) is 5.80. The van der Waals surface area contributed by atoms with Crippen molar-refractivity contribution < 1.29 is 0 Å². The van der Waals surface area contributed by atoms with Gasteiger partial charge in [-0.3, -0.25) is 0 Å². The van der Waals surface area contributed by atoms with E-state index in [4.69, 9.17) is 28.5 Å². The summed E-state index contributed by atoms with van der Waals surface area (Å²) in [6.07, 6.45) is 0. The average molecular weight is 188 g/mol. The van der Waals surface area contributed by atoms with Crippen LogP contribution >= 0.6 is 23.2 Å². The lowest BCUT2D eigenvalue weighted by atomic mass is 10.2. The largest absolute Gasteiger partial charge is 0.192 e. The van der Waals surface area contributed by atoms with Crippen LogP contribution < -0.4 is 0 Å². The molecule has 0 heterocycles. The molecule has 1 nitrogen and oxygen atoms in total. The van der Waals surface area contributed by atoms with Crippen LogP contribution in [-0.4, -0.2) is 5.34 Å². The summed E-state index contributed by atoms with van der Waals surface area (Å²) in [7, 11) is 0. The number of hydrogen-bond acceptors (Lipinski definition) is 1. The lowest BCUT2D eigenvalue weighted by Gasteiger charge is -1.80. The van der Waals surface area contributed by atoms with E-state index in [2.05, 4.69) is 0 Å². The van der Waals surface area contributed by atoms with Gasteiger partial charge in [0, 0.05) is 0 Å². The molecule has 1 aromatic carbocycles. The first kappa shape index (κ1) is 10.3. The molecule has 0 radical (unpaired) electrons. The molecular weight excluding hydrogens is 181 g/mol. The molecule has 0 amide bonds. The molecule has 0 unspecified atom stereocenters. The smallest absolute Gasteiger partial charge is 0.0991 e. The van der Waals surface area contributed by atoms with Crippen molar-refractivity contribution in [3.05, 3.63) is 35.9 Å². The van der Waals surface area contributed by atoms with Gasteiger partial charge in [0.05, 0.1) is 17.0 Å². The van der Waals surface area contributed by atoms with E-state index in [-0.39, 0.29) is 5.34 Å². The summed E-state index contributed by atoms with van der Waals surface area (Å²) in [5, 5.41) is 8.48. The highest BCUT2D eigenvalue weighted by molar-refractivity contribution is 6.40. The van der Waals surface area contributed by atoms with E-state index in [1.807, 2.05) is 24.3 Å². The normalized spacial score (nSPS) is 7.36. The molecule has 0 N–H and O–H groups in total. The van der Waals surface area contributed by atoms with Gasteiger partial charge in [-0.25, -0.2) is 0 Å². The highest BCUT2D eigenvalue weighted by Crippen LogP contribution is 1.93. The van der Waals surface area contributed by atoms with Crippen molar-refractivity contribution in [3.63, 3.8) is 0 Å². The molecule has 0 atom stereocenters. The van der Waals surface area contributed by atoms with E-state index in [0.29, 0.717) is 5.56 Å². The summed E-state index contributed by atoms with van der Waals surface area (Å²) in [4.78, 5) is 0. The second kappa shape index (κ2) is 7.40. The summed E-state index contributed by atoms with van der Waals surface area (Å²) in [6.45, 7) is 0. The number of halogens is 2. The van der Waals surface area contributed by atoms with E-state index in [1.165, 1.54) is 0 Å². The third-order valence-electron chi connectivity index (χ3n) is 0.903. The molecule has 1 rings (SSSR count). The van der Waals surface area contributed by atoms with Crippen molar-refractivity contribution in [2.45, 2.75) is 0 Å². The van der Waals surface area contributed by atoms with Gasteiger partial charge >= 0.3 is 0 Å². The molecule has 11 heavy (non-hydrogen) atoms. The minimum Gasteiger partial charge on any atom is -0.192 e. The van der Waals surface area contributed by atoms with Gasteiger partial charge < -0.3 is 0 Å². The fourth-order valence-corrected chi connectivity index (χ4v) is 0.513. The molecule has 0 aliphatic heterocycles. The molecule has 1 aromatic rings. The lowest BCUT2D eigenvalue weighted by molar-refractivity contribution is 1.49. The van der Waals surface area contributed by atoms with Crippen LogP contribution in [0.2, 0.25) is 0 Å². The van der Waals surface area contributed by atoms with Crippen molar-refractivity contribution in [2.75, 3.05) is 5.34 Å². The number of benzene rings is 1. The Balaban J connectivity index is 0.000000292. The second-order valence-corrected chi connectivity index (χ2v) is 2.39. The Labute approximate surface area is 76.2 Å². The quantitative estimate of drug-likeness (QED) is 0.574. The van der Waals surface area contributed by atoms with Crippen LogP contribution in [0.1, 0.15) is 5.56 Å². The summed E-state index contributed by atoms with van der Waals surface area (Å²) in [5.41, 5.74) is 0.715. The maximum absolute atomic E-state index is 8.29. The van der Waals surface area contributed by atoms with Gasteiger partial charge in [-0.15, -0.1) is 23.2 Å². The molecule has 0 saturated heterocycles. The third-order valence-corrected chi connectivity index (χ3v) is 0.903. The van der Waals surface area contributed by atoms with Crippen molar-refractivity contribution in [1.29, 1.82) is 5.26 Å². The predicted molar refractivity (Wildman–Crippen MR) is 47.7 cm³/mol. The summed E-state index contributed by atoms with van der Waals surface area (Å²) in [6, 6.07) is 11.2. The van der Waals surface area contributed by atoms with Gasteiger partial charge in [0.25, 0.3) is 0 Å². The monoisotopic (exact) mass is 187 g/mol. The van der Waals surface area contributed by atoms with E-state index >= 15 is 0 Å². The van der Waals surface area contributed by atoms with Gasteiger partial charge in [0.15, 0.2) is 0 Å². The first-order chi connectivity index (χ1) is 5.35. The fraction of sp³-hybridized carbons (Fsp3) is 0.125. The van der Waals surface area contributed by atoms with Crippen LogP contribution in [0.15, 0.2) is 30.3 Å². The average Bonchev–Trinajstić information content (AvgIpc) is 2.08. The summed E-state index contributed by atoms with van der Waals surface area (Å²) < 4.78 is 0. The van der Waals surface area contributed by atoms with Crippen molar-refractivity contribution in [3.8, 4) is 6.07 Å². The molecule has 3 heteroatoms. The van der Waals surface area contributed by atoms with Gasteiger partial charge in [0.1, 0.15) is 0 Å². The fourth-order valence-electron chi connectivity index (χ4n) is 0.513. The van der Waals surface area contributed by atoms with Crippen LogP contribution in [0.25, 0.3) is 0 Å². The molecule has 0 saturated carbocycles. The second-order valence-electron chi connectivity index (χ2n) is 1.58. The maximum Gasteiger partial charge on any atom is 0.0991 e. The standard InChI is InChI=1S/C7H5N.CH2Cl2/c8-6-7-4-2-1-3-5-7;2-1-3/h1-5H;1H2. The van der Waals surface area contributed by atoms with Crippen molar-refractivity contribution >= 4 is 23.2 Å². The Hall–Kier alpha value is -0.710. The van der Waals surface area contributed by atoms with E-state index in [9.17, 15) is 0 Å². The molecule has 0 spiro atoms. The predicted octanol–water partition coefficient (Wildman–Crippen LogP) is 2.98. The molecule has 0 aliphatic rings. The molecule has 58 valence electrons. The topological polar surface area (TPSA) is 23.8 Å². The lowest BCUT2D eigenvalue weighted by Crippen LogP contribution is -1.66. The van der Waals surface area contributed by atoms with E-state index in [0.717, 1.165) is 0 Å². The molecule has 0 aliphatic carbocycles. The Bertz CT molecular complexity index is 215. The zero-order valence-corrected chi connectivity index (χ0v) is 7.31. The molecule has 0 fully saturated rings. The van der Waals surface area contributed by atoms with Crippen molar-refractivity contribution in [2.24, 2.45) is 0 Å². The van der Waals surface area contributed by atoms with E-state index in [1.54, 1.807) is 12.1 Å². The molecule has 0 bridgehead atoms. The molecule has 0 aromatic heterocycles. The minimum atomic E-state index is 0.194. The number of alkyl halides is 2. The first-order valence-electron chi connectivity index (χ1n) is 2.92. The summed E-state index contributed by atoms with van der Waals surface area (Å²) in [5.74, 6) is 0. The zero-order chi connectivity index (χ0) is 8.53. The van der Waals surface area contributed by atoms with Crippen LogP contribution in [0.3, 0.4) is 0 Å². The summed E-state index contributed by atoms with van der Waals surface area (Å²) >= 11 is 9.53. The Kier molecular flexibility index (Phi) is 6.92. The Morgan fingerprint density at radius 1 is 1.18 bits per heavy atom. The van der Waals surface area contributed by atoms with Crippen LogP contribution in [0.5, 0.6) is 0 Å². The number of rotatable bonds is 0. The van der Waals surface area contributed by atoms with Crippen LogP contribution in [0, 0.1) is 11.3 Å². The molecular formula is C8H7Cl2N. The first-order valence-corrected chi connectivity index (χ1v) is 3.99. The van der Waals surface area contributed by atoms with E-state index < -0.39 is 0 Å². The SMILES string of the molecule is ClCCl.N#Cc1ccccc1. The third kappa shape index (κ3) is 5.72. The van der Waals surface area contributed by atoms with Crippen LogP contribution in [0.4, 0.5) is 0 Å².